The molecule has 7 nitrogen and oxygen atoms in total. The maximum Gasteiger partial charge on any atom is 0.414 e. The van der Waals surface area contributed by atoms with E-state index in [4.69, 9.17) is 26.2 Å². The first-order chi connectivity index (χ1) is 11.9. The summed E-state index contributed by atoms with van der Waals surface area (Å²) in [5.41, 5.74) is 2.39. The zero-order chi connectivity index (χ0) is 18.8. The number of nitrogens with zero attached hydrogens (tertiary/aromatic N) is 3. The monoisotopic (exact) mass is 383 g/mol. The van der Waals surface area contributed by atoms with Gasteiger partial charge >= 0.3 is 11.9 Å². The summed E-state index contributed by atoms with van der Waals surface area (Å²) in [7, 11) is 2.16. The van der Waals surface area contributed by atoms with Gasteiger partial charge < -0.3 is 10.2 Å². The third-order valence-corrected chi connectivity index (χ3v) is 5.22. The molecule has 1 aromatic rings. The Kier molecular flexibility index (Phi) is 9.20. The molecule has 0 amide bonds. The maximum absolute atomic E-state index is 9.10. The summed E-state index contributed by atoms with van der Waals surface area (Å²) >= 11 is 3.08. The number of aromatic nitrogens is 2. The Morgan fingerprint density at radius 1 is 1.44 bits per heavy atom. The number of carbonyl (C=O) groups is 2. The predicted molar refractivity (Wildman–Crippen MR) is 98.7 cm³/mol. The standard InChI is InChI=1S/C14H19N3S2.C2H2O4/c1-4-5-6-9-18-14-13(15-19-16-14)12-8-7-11(2)17(3)10-12;3-1(4)2(5)6/h1,8,11H,5-7,9-10H2,2-3H3;(H,3,4)(H,5,6). The molecule has 1 atom stereocenters. The molecule has 0 aromatic carbocycles. The van der Waals surface area contributed by atoms with Crippen molar-refractivity contribution in [2.24, 2.45) is 0 Å². The third-order valence-electron chi connectivity index (χ3n) is 3.53. The molecule has 1 aromatic heterocycles. The van der Waals surface area contributed by atoms with E-state index < -0.39 is 11.9 Å². The minimum atomic E-state index is -1.82. The number of hydrogen-bond acceptors (Lipinski definition) is 7. The van der Waals surface area contributed by atoms with E-state index in [-0.39, 0.29) is 0 Å². The summed E-state index contributed by atoms with van der Waals surface area (Å²) in [6.45, 7) is 3.21. The number of carboxylic acid groups (broad SMARTS) is 2. The highest BCUT2D eigenvalue weighted by Gasteiger charge is 2.21. The predicted octanol–water partition coefficient (Wildman–Crippen LogP) is 2.31. The molecule has 0 fully saturated rings. The molecule has 2 rings (SSSR count). The average Bonchev–Trinajstić information content (AvgIpc) is 3.03. The summed E-state index contributed by atoms with van der Waals surface area (Å²) in [5.74, 6) is 0.0395. The topological polar surface area (TPSA) is 104 Å². The van der Waals surface area contributed by atoms with Crippen molar-refractivity contribution in [1.82, 2.24) is 13.6 Å². The summed E-state index contributed by atoms with van der Waals surface area (Å²) in [6, 6.07) is 0.613. The second-order valence-electron chi connectivity index (χ2n) is 5.41. The van der Waals surface area contributed by atoms with Crippen molar-refractivity contribution >= 4 is 41.0 Å². The van der Waals surface area contributed by atoms with E-state index in [1.165, 1.54) is 17.3 Å². The van der Waals surface area contributed by atoms with Crippen LogP contribution in [0.15, 0.2) is 11.1 Å². The zero-order valence-corrected chi connectivity index (χ0v) is 15.8. The van der Waals surface area contributed by atoms with Gasteiger partial charge in [0.1, 0.15) is 10.7 Å². The van der Waals surface area contributed by atoms with Gasteiger partial charge in [0.15, 0.2) is 0 Å². The molecule has 0 spiro atoms. The minimum absolute atomic E-state index is 0.613. The normalized spacial score (nSPS) is 17.0. The first-order valence-corrected chi connectivity index (χ1v) is 9.33. The van der Waals surface area contributed by atoms with Crippen molar-refractivity contribution in [1.29, 1.82) is 0 Å². The van der Waals surface area contributed by atoms with Crippen LogP contribution in [0.3, 0.4) is 0 Å². The van der Waals surface area contributed by atoms with Crippen LogP contribution in [0.25, 0.3) is 5.57 Å². The molecule has 1 aliphatic heterocycles. The highest BCUT2D eigenvalue weighted by molar-refractivity contribution is 7.99. The summed E-state index contributed by atoms with van der Waals surface area (Å²) in [6.07, 6.45) is 10.5. The lowest BCUT2D eigenvalue weighted by Gasteiger charge is -2.29. The number of carboxylic acids is 2. The van der Waals surface area contributed by atoms with Crippen LogP contribution in [0.1, 0.15) is 31.9 Å². The van der Waals surface area contributed by atoms with E-state index in [0.717, 1.165) is 42.3 Å². The van der Waals surface area contributed by atoms with Crippen LogP contribution >= 0.6 is 23.5 Å². The van der Waals surface area contributed by atoms with Crippen LogP contribution in [-0.4, -0.2) is 61.2 Å². The lowest BCUT2D eigenvalue weighted by molar-refractivity contribution is -0.159. The van der Waals surface area contributed by atoms with Crippen molar-refractivity contribution in [2.75, 3.05) is 19.3 Å². The van der Waals surface area contributed by atoms with Crippen LogP contribution in [0.5, 0.6) is 0 Å². The molecule has 0 aliphatic carbocycles. The van der Waals surface area contributed by atoms with Gasteiger partial charge in [0.05, 0.1) is 11.7 Å². The van der Waals surface area contributed by atoms with Gasteiger partial charge in [-0.3, -0.25) is 4.90 Å². The molecule has 1 unspecified atom stereocenters. The number of unbranched alkanes of at least 4 members (excludes halogenated alkanes) is 1. The Morgan fingerprint density at radius 3 is 2.68 bits per heavy atom. The van der Waals surface area contributed by atoms with E-state index in [1.54, 1.807) is 11.8 Å². The van der Waals surface area contributed by atoms with Gasteiger partial charge in [-0.05, 0) is 32.4 Å². The van der Waals surface area contributed by atoms with Gasteiger partial charge in [0.2, 0.25) is 0 Å². The smallest absolute Gasteiger partial charge is 0.414 e. The molecule has 9 heteroatoms. The largest absolute Gasteiger partial charge is 0.473 e. The van der Waals surface area contributed by atoms with Gasteiger partial charge in [-0.1, -0.05) is 6.08 Å². The Morgan fingerprint density at radius 2 is 2.12 bits per heavy atom. The Hall–Kier alpha value is -1.89. The van der Waals surface area contributed by atoms with E-state index in [1.807, 2.05) is 0 Å². The van der Waals surface area contributed by atoms with Gasteiger partial charge in [0.25, 0.3) is 0 Å². The SMILES string of the molecule is C#CCCCSc1nsnc1C1=CCC(C)N(C)C1.O=C(O)C(=O)O. The minimum Gasteiger partial charge on any atom is -0.473 e. The van der Waals surface area contributed by atoms with Crippen molar-refractivity contribution in [2.45, 2.75) is 37.3 Å². The molecule has 0 bridgehead atoms. The summed E-state index contributed by atoms with van der Waals surface area (Å²) in [5, 5.41) is 15.8. The number of hydrogen-bond donors (Lipinski definition) is 2. The van der Waals surface area contributed by atoms with E-state index >= 15 is 0 Å². The van der Waals surface area contributed by atoms with Crippen molar-refractivity contribution < 1.29 is 19.8 Å². The molecule has 0 saturated carbocycles. The zero-order valence-electron chi connectivity index (χ0n) is 14.1. The fourth-order valence-electron chi connectivity index (χ4n) is 1.97. The van der Waals surface area contributed by atoms with Crippen molar-refractivity contribution in [3.8, 4) is 12.3 Å². The van der Waals surface area contributed by atoms with E-state index in [2.05, 4.69) is 39.6 Å². The first kappa shape index (κ1) is 21.2. The number of rotatable bonds is 5. The van der Waals surface area contributed by atoms with Crippen LogP contribution in [0.2, 0.25) is 0 Å². The van der Waals surface area contributed by atoms with Crippen molar-refractivity contribution in [3.63, 3.8) is 0 Å². The van der Waals surface area contributed by atoms with Crippen LogP contribution < -0.4 is 0 Å². The molecule has 0 radical (unpaired) electrons. The Bertz CT molecular complexity index is 655. The fourth-order valence-corrected chi connectivity index (χ4v) is 3.62. The highest BCUT2D eigenvalue weighted by atomic mass is 32.2. The van der Waals surface area contributed by atoms with Gasteiger partial charge in [0, 0.05) is 24.8 Å². The number of likely N-dealkylation sites (N-methyl/N-ethyl adjacent to an activating group) is 1. The molecule has 1 aliphatic rings. The third kappa shape index (κ3) is 7.25. The van der Waals surface area contributed by atoms with Crippen molar-refractivity contribution in [3.05, 3.63) is 11.8 Å². The quantitative estimate of drug-likeness (QED) is 0.345. The van der Waals surface area contributed by atoms with Crippen LogP contribution in [-0.2, 0) is 9.59 Å². The molecule has 0 saturated heterocycles. The lowest BCUT2D eigenvalue weighted by atomic mass is 10.0. The molecular weight excluding hydrogens is 362 g/mol. The number of thioether (sulfide) groups is 1. The number of terminal acetylenes is 1. The molecule has 2 heterocycles. The Balaban J connectivity index is 0.000000450. The second-order valence-corrected chi connectivity index (χ2v) is 7.03. The fraction of sp³-hybridized carbons (Fsp3) is 0.500. The van der Waals surface area contributed by atoms with Gasteiger partial charge in [-0.25, -0.2) is 9.59 Å². The van der Waals surface area contributed by atoms with E-state index in [0.29, 0.717) is 6.04 Å². The van der Waals surface area contributed by atoms with Gasteiger partial charge in [-0.15, -0.1) is 24.1 Å². The lowest BCUT2D eigenvalue weighted by Crippen LogP contribution is -2.33. The van der Waals surface area contributed by atoms with Gasteiger partial charge in [-0.2, -0.15) is 8.75 Å². The highest BCUT2D eigenvalue weighted by Crippen LogP contribution is 2.30. The summed E-state index contributed by atoms with van der Waals surface area (Å²) < 4.78 is 8.89. The molecular formula is C16H21N3O4S2. The first-order valence-electron chi connectivity index (χ1n) is 7.61. The van der Waals surface area contributed by atoms with Crippen LogP contribution in [0.4, 0.5) is 0 Å². The van der Waals surface area contributed by atoms with Crippen LogP contribution in [0, 0.1) is 12.3 Å². The Labute approximate surface area is 155 Å². The second kappa shape index (κ2) is 10.9. The molecule has 136 valence electrons. The average molecular weight is 383 g/mol. The molecule has 2 N–H and O–H groups in total. The number of aliphatic carboxylic acids is 2. The molecule has 25 heavy (non-hydrogen) atoms. The summed E-state index contributed by atoms with van der Waals surface area (Å²) in [4.78, 5) is 20.6. The van der Waals surface area contributed by atoms with E-state index in [9.17, 15) is 0 Å². The maximum atomic E-state index is 9.10.